The average molecular weight is 467 g/mol. The molecular formula is C28H34O4S. The Morgan fingerprint density at radius 1 is 0.667 bits per heavy atom. The second kappa shape index (κ2) is 12.4. The predicted octanol–water partition coefficient (Wildman–Crippen LogP) is 7.80. The van der Waals surface area contributed by atoms with Gasteiger partial charge in [-0.3, -0.25) is 4.79 Å². The molecule has 5 heteroatoms. The number of unbranched alkanes of at least 4 members (excludes halogenated alkanes) is 2. The first-order valence-corrected chi connectivity index (χ1v) is 13.2. The molecule has 3 aromatic carbocycles. The molecule has 176 valence electrons. The topological polar surface area (TPSA) is 44.8 Å². The lowest BCUT2D eigenvalue weighted by Gasteiger charge is -2.39. The van der Waals surface area contributed by atoms with Gasteiger partial charge in [0.2, 0.25) is 0 Å². The molecule has 3 aromatic rings. The van der Waals surface area contributed by atoms with Crippen LogP contribution in [0.3, 0.4) is 0 Å². The summed E-state index contributed by atoms with van der Waals surface area (Å²) in [5, 5.41) is 0. The van der Waals surface area contributed by atoms with Crippen molar-refractivity contribution in [1.29, 1.82) is 0 Å². The molecule has 0 aliphatic heterocycles. The molecule has 0 fully saturated rings. The molecule has 0 N–H and O–H groups in total. The number of benzene rings is 3. The van der Waals surface area contributed by atoms with Crippen molar-refractivity contribution >= 4 is 16.3 Å². The summed E-state index contributed by atoms with van der Waals surface area (Å²) in [6.07, 6.45) is 4.20. The van der Waals surface area contributed by atoms with Gasteiger partial charge in [-0.2, -0.15) is 0 Å². The Kier molecular flexibility index (Phi) is 9.25. The highest BCUT2D eigenvalue weighted by Gasteiger charge is 2.35. The van der Waals surface area contributed by atoms with Crippen molar-refractivity contribution in [2.45, 2.75) is 61.1 Å². The van der Waals surface area contributed by atoms with Crippen LogP contribution in [-0.2, 0) is 8.98 Å². The monoisotopic (exact) mass is 466 g/mol. The quantitative estimate of drug-likeness (QED) is 0.255. The molecule has 0 aliphatic rings. The first-order valence-electron chi connectivity index (χ1n) is 11.6. The van der Waals surface area contributed by atoms with Gasteiger partial charge in [0.15, 0.2) is 0 Å². The minimum absolute atomic E-state index is 0.319. The van der Waals surface area contributed by atoms with Gasteiger partial charge in [0.05, 0.1) is 13.2 Å². The van der Waals surface area contributed by atoms with Crippen LogP contribution in [0.5, 0.6) is 11.5 Å². The summed E-state index contributed by atoms with van der Waals surface area (Å²) in [5.74, 6) is 1.31. The third kappa shape index (κ3) is 6.32. The van der Waals surface area contributed by atoms with E-state index in [1.54, 1.807) is 0 Å². The Morgan fingerprint density at radius 3 is 1.48 bits per heavy atom. The molecular weight excluding hydrogens is 432 g/mol. The summed E-state index contributed by atoms with van der Waals surface area (Å²) in [6.45, 7) is 7.13. The SMILES string of the molecule is CCCCOc1ccc(S(OC(C)=O)(c2ccccc2)c2ccc(OCCCC)cc2)cc1. The first kappa shape index (κ1) is 24.7. The van der Waals surface area contributed by atoms with Gasteiger partial charge in [0.1, 0.15) is 11.5 Å². The highest BCUT2D eigenvalue weighted by Crippen LogP contribution is 2.69. The molecule has 3 rings (SSSR count). The van der Waals surface area contributed by atoms with Gasteiger partial charge in [-0.25, -0.2) is 0 Å². The maximum absolute atomic E-state index is 12.4. The molecule has 0 unspecified atom stereocenters. The summed E-state index contributed by atoms with van der Waals surface area (Å²) in [5.41, 5.74) is 0. The van der Waals surface area contributed by atoms with Crippen LogP contribution in [-0.4, -0.2) is 19.2 Å². The van der Waals surface area contributed by atoms with E-state index in [2.05, 4.69) is 13.8 Å². The van der Waals surface area contributed by atoms with Gasteiger partial charge in [-0.05, 0) is 83.8 Å². The van der Waals surface area contributed by atoms with Crippen LogP contribution in [0.2, 0.25) is 0 Å². The zero-order valence-corrected chi connectivity index (χ0v) is 20.6. The molecule has 0 aromatic heterocycles. The Bertz CT molecular complexity index is 931. The number of rotatable bonds is 12. The van der Waals surface area contributed by atoms with Crippen molar-refractivity contribution in [2.75, 3.05) is 13.2 Å². The van der Waals surface area contributed by atoms with Crippen molar-refractivity contribution in [3.8, 4) is 11.5 Å². The number of carbonyl (C=O) groups excluding carboxylic acids is 1. The number of ether oxygens (including phenoxy) is 2. The first-order chi connectivity index (χ1) is 16.1. The van der Waals surface area contributed by atoms with Crippen molar-refractivity contribution in [1.82, 2.24) is 0 Å². The van der Waals surface area contributed by atoms with Gasteiger partial charge >= 0.3 is 5.97 Å². The largest absolute Gasteiger partial charge is 0.494 e. The fourth-order valence-electron chi connectivity index (χ4n) is 3.46. The van der Waals surface area contributed by atoms with Crippen LogP contribution in [0.15, 0.2) is 93.5 Å². The van der Waals surface area contributed by atoms with E-state index in [0.717, 1.165) is 51.9 Å². The maximum Gasteiger partial charge on any atom is 0.313 e. The third-order valence-corrected chi connectivity index (χ3v) is 8.45. The molecule has 0 heterocycles. The molecule has 0 spiro atoms. The van der Waals surface area contributed by atoms with Crippen LogP contribution >= 0.6 is 10.3 Å². The lowest BCUT2D eigenvalue weighted by atomic mass is 10.3. The van der Waals surface area contributed by atoms with Gasteiger partial charge in [-0.1, -0.05) is 44.9 Å². The fourth-order valence-corrected chi connectivity index (χ4v) is 6.50. The highest BCUT2D eigenvalue weighted by atomic mass is 32.3. The van der Waals surface area contributed by atoms with Crippen LogP contribution in [0.1, 0.15) is 46.5 Å². The van der Waals surface area contributed by atoms with Gasteiger partial charge in [0.25, 0.3) is 0 Å². The zero-order valence-electron chi connectivity index (χ0n) is 19.8. The number of carbonyl (C=O) groups is 1. The maximum atomic E-state index is 12.4. The van der Waals surface area contributed by atoms with Gasteiger partial charge in [0, 0.05) is 21.6 Å². The van der Waals surface area contributed by atoms with E-state index in [9.17, 15) is 4.79 Å². The van der Waals surface area contributed by atoms with E-state index >= 15 is 0 Å². The summed E-state index contributed by atoms with van der Waals surface area (Å²) >= 11 is 0. The van der Waals surface area contributed by atoms with Crippen molar-refractivity contribution in [2.24, 2.45) is 0 Å². The molecule has 4 nitrogen and oxygen atoms in total. The Balaban J connectivity index is 2.05. The number of hydrogen-bond donors (Lipinski definition) is 0. The predicted molar refractivity (Wildman–Crippen MR) is 134 cm³/mol. The highest BCUT2D eigenvalue weighted by molar-refractivity contribution is 8.30. The van der Waals surface area contributed by atoms with E-state index in [-0.39, 0.29) is 5.97 Å². The third-order valence-electron chi connectivity index (χ3n) is 5.16. The molecule has 33 heavy (non-hydrogen) atoms. The van der Waals surface area contributed by atoms with E-state index in [0.29, 0.717) is 13.2 Å². The van der Waals surface area contributed by atoms with Crippen LogP contribution in [0.4, 0.5) is 0 Å². The minimum atomic E-state index is -2.28. The molecule has 0 saturated carbocycles. The van der Waals surface area contributed by atoms with Crippen molar-refractivity contribution in [3.05, 3.63) is 78.9 Å². The average Bonchev–Trinajstić information content (AvgIpc) is 2.84. The summed E-state index contributed by atoms with van der Waals surface area (Å²) in [7, 11) is -2.28. The van der Waals surface area contributed by atoms with Crippen LogP contribution in [0.25, 0.3) is 0 Å². The second-order valence-corrected chi connectivity index (χ2v) is 10.5. The smallest absolute Gasteiger partial charge is 0.313 e. The Labute approximate surface area is 199 Å². The molecule has 0 saturated heterocycles. The molecule has 0 atom stereocenters. The van der Waals surface area contributed by atoms with E-state index < -0.39 is 10.3 Å². The van der Waals surface area contributed by atoms with E-state index in [1.807, 2.05) is 78.9 Å². The zero-order chi connectivity index (χ0) is 23.5. The minimum Gasteiger partial charge on any atom is -0.494 e. The molecule has 0 radical (unpaired) electrons. The van der Waals surface area contributed by atoms with E-state index in [4.69, 9.17) is 13.7 Å². The van der Waals surface area contributed by atoms with Crippen LogP contribution < -0.4 is 9.47 Å². The normalized spacial score (nSPS) is 11.6. The Hall–Kier alpha value is -2.92. The van der Waals surface area contributed by atoms with Crippen molar-refractivity contribution in [3.63, 3.8) is 0 Å². The van der Waals surface area contributed by atoms with Gasteiger partial charge in [-0.15, -0.1) is 0 Å². The van der Waals surface area contributed by atoms with Crippen molar-refractivity contribution < 1.29 is 18.5 Å². The van der Waals surface area contributed by atoms with Crippen LogP contribution in [0, 0.1) is 0 Å². The lowest BCUT2D eigenvalue weighted by Crippen LogP contribution is -2.11. The number of hydrogen-bond acceptors (Lipinski definition) is 4. The van der Waals surface area contributed by atoms with E-state index in [1.165, 1.54) is 6.92 Å². The summed E-state index contributed by atoms with van der Waals surface area (Å²) in [6, 6.07) is 25.9. The molecule has 0 aliphatic carbocycles. The van der Waals surface area contributed by atoms with Gasteiger partial charge < -0.3 is 13.7 Å². The Morgan fingerprint density at radius 2 is 1.09 bits per heavy atom. The standard InChI is InChI=1S/C28H34O4S/c1-4-6-21-30-24-13-17-27(18-14-24)33(32-23(3)29,26-11-9-8-10-12-26)28-19-15-25(16-20-28)31-22-7-5-2/h8-20H,4-7,21-22H2,1-3H3. The molecule has 0 bridgehead atoms. The summed E-state index contributed by atoms with van der Waals surface area (Å²) < 4.78 is 17.9. The lowest BCUT2D eigenvalue weighted by molar-refractivity contribution is -0.131. The second-order valence-electron chi connectivity index (χ2n) is 7.79. The molecule has 0 amide bonds. The fraction of sp³-hybridized carbons (Fsp3) is 0.321. The summed E-state index contributed by atoms with van der Waals surface area (Å²) in [4.78, 5) is 15.2.